The van der Waals surface area contributed by atoms with E-state index in [-0.39, 0.29) is 14.2 Å². The first kappa shape index (κ1) is 14.1. The quantitative estimate of drug-likeness (QED) is 0.413. The second-order valence-corrected chi connectivity index (χ2v) is 4.37. The molecule has 3 heteroatoms. The Morgan fingerprint density at radius 1 is 1.47 bits per heavy atom. The van der Waals surface area contributed by atoms with Gasteiger partial charge in [-0.1, -0.05) is 32.6 Å². The maximum atomic E-state index is 11.3. The van der Waals surface area contributed by atoms with E-state index in [0.29, 0.717) is 18.4 Å². The first-order valence-corrected chi connectivity index (χ1v) is 5.96. The van der Waals surface area contributed by atoms with Crippen molar-refractivity contribution in [3.8, 4) is 0 Å². The summed E-state index contributed by atoms with van der Waals surface area (Å²) in [5.41, 5.74) is 0.655. The van der Waals surface area contributed by atoms with Crippen molar-refractivity contribution in [3.05, 3.63) is 36.1 Å². The molecule has 1 N–H and O–H groups in total. The van der Waals surface area contributed by atoms with Crippen LogP contribution in [0.4, 0.5) is 0 Å². The van der Waals surface area contributed by atoms with Crippen molar-refractivity contribution in [1.82, 2.24) is 0 Å². The van der Waals surface area contributed by atoms with Crippen LogP contribution < -0.4 is 0 Å². The van der Waals surface area contributed by atoms with Crippen LogP contribution in [0.5, 0.6) is 0 Å². The van der Waals surface area contributed by atoms with E-state index in [1.807, 2.05) is 20.8 Å². The molecule has 0 spiro atoms. The molecule has 0 aromatic heterocycles. The van der Waals surface area contributed by atoms with Gasteiger partial charge in [0.1, 0.15) is 5.76 Å². The lowest BCUT2D eigenvalue weighted by Crippen LogP contribution is -2.22. The molecule has 15 heavy (non-hydrogen) atoms. The Morgan fingerprint density at radius 3 is 2.27 bits per heavy atom. The van der Waals surface area contributed by atoms with E-state index < -0.39 is 5.16 Å². The van der Waals surface area contributed by atoms with Crippen LogP contribution in [0.2, 0.25) is 0 Å². The molecule has 0 rings (SSSR count). The topological polar surface area (TPSA) is 37.3 Å². The lowest BCUT2D eigenvalue weighted by molar-refractivity contribution is 0.415. The van der Waals surface area contributed by atoms with E-state index in [2.05, 4.69) is 6.58 Å². The standard InChI is InChI=1S/C12H19O2P/c1-5-9-11(13)10(6-2)12(7-3,8-4)15-14/h5-6,9,13H,2,7-8H2,1,3-4H3/b9-5-,11-10-. The van der Waals surface area contributed by atoms with Crippen molar-refractivity contribution in [2.75, 3.05) is 0 Å². The van der Waals surface area contributed by atoms with Gasteiger partial charge in [0.05, 0.1) is 5.16 Å². The van der Waals surface area contributed by atoms with Gasteiger partial charge in [0.15, 0.2) is 8.46 Å². The minimum atomic E-state index is -0.509. The maximum Gasteiger partial charge on any atom is 0.167 e. The highest BCUT2D eigenvalue weighted by molar-refractivity contribution is 7.26. The summed E-state index contributed by atoms with van der Waals surface area (Å²) in [6, 6.07) is 0. The van der Waals surface area contributed by atoms with Gasteiger partial charge in [0.2, 0.25) is 0 Å². The lowest BCUT2D eigenvalue weighted by atomic mass is 9.91. The van der Waals surface area contributed by atoms with Crippen LogP contribution in [0.1, 0.15) is 33.6 Å². The van der Waals surface area contributed by atoms with E-state index in [1.165, 1.54) is 0 Å². The Kier molecular flexibility index (Phi) is 6.19. The largest absolute Gasteiger partial charge is 0.508 e. The second kappa shape index (κ2) is 6.58. The molecule has 0 atom stereocenters. The molecule has 0 saturated carbocycles. The third-order valence-electron chi connectivity index (χ3n) is 2.65. The molecule has 0 aliphatic heterocycles. The molecular formula is C12H19O2P. The number of hydrogen-bond acceptors (Lipinski definition) is 2. The second-order valence-electron chi connectivity index (χ2n) is 3.33. The molecule has 2 nitrogen and oxygen atoms in total. The predicted molar refractivity (Wildman–Crippen MR) is 65.6 cm³/mol. The monoisotopic (exact) mass is 226 g/mol. The van der Waals surface area contributed by atoms with Crippen molar-refractivity contribution >= 4 is 8.46 Å². The van der Waals surface area contributed by atoms with Crippen molar-refractivity contribution in [3.63, 3.8) is 0 Å². The van der Waals surface area contributed by atoms with Gasteiger partial charge in [-0.3, -0.25) is 4.57 Å². The van der Waals surface area contributed by atoms with E-state index >= 15 is 0 Å². The predicted octanol–water partition coefficient (Wildman–Crippen LogP) is 4.41. The van der Waals surface area contributed by atoms with Crippen molar-refractivity contribution in [1.29, 1.82) is 0 Å². The normalized spacial score (nSPS) is 14.3. The molecule has 0 aromatic carbocycles. The van der Waals surface area contributed by atoms with Crippen molar-refractivity contribution in [2.45, 2.75) is 38.8 Å². The van der Waals surface area contributed by atoms with E-state index in [4.69, 9.17) is 0 Å². The average Bonchev–Trinajstić information content (AvgIpc) is 2.26. The fourth-order valence-electron chi connectivity index (χ4n) is 1.59. The minimum Gasteiger partial charge on any atom is -0.508 e. The third-order valence-corrected chi connectivity index (χ3v) is 3.87. The molecule has 0 amide bonds. The average molecular weight is 226 g/mol. The number of allylic oxidation sites excluding steroid dienone is 4. The minimum absolute atomic E-state index is 0.0309. The van der Waals surface area contributed by atoms with E-state index in [1.54, 1.807) is 18.2 Å². The number of hydrogen-bond donors (Lipinski definition) is 1. The van der Waals surface area contributed by atoms with Gasteiger partial charge in [-0.2, -0.15) is 0 Å². The molecule has 0 aromatic rings. The Balaban J connectivity index is 5.52. The molecule has 0 unspecified atom stereocenters. The van der Waals surface area contributed by atoms with E-state index in [0.717, 1.165) is 0 Å². The SMILES string of the molecule is C=C/C(=C(O)\C=C/C)C(CC)(CC)P=O. The van der Waals surface area contributed by atoms with Crippen LogP contribution in [0, 0.1) is 0 Å². The van der Waals surface area contributed by atoms with Gasteiger partial charge in [-0.15, -0.1) is 0 Å². The molecule has 84 valence electrons. The molecule has 0 aliphatic rings. The summed E-state index contributed by atoms with van der Waals surface area (Å²) in [5, 5.41) is 9.31. The molecule has 0 fully saturated rings. The van der Waals surface area contributed by atoms with Crippen LogP contribution in [-0.4, -0.2) is 10.3 Å². The summed E-state index contributed by atoms with van der Waals surface area (Å²) in [6.07, 6.45) is 6.35. The number of rotatable bonds is 6. The summed E-state index contributed by atoms with van der Waals surface area (Å²) in [6.45, 7) is 9.42. The van der Waals surface area contributed by atoms with Crippen LogP contribution >= 0.6 is 8.46 Å². The first-order chi connectivity index (χ1) is 7.11. The van der Waals surface area contributed by atoms with Crippen molar-refractivity contribution in [2.24, 2.45) is 0 Å². The summed E-state index contributed by atoms with van der Waals surface area (Å²) >= 11 is 0. The summed E-state index contributed by atoms with van der Waals surface area (Å²) < 4.78 is 11.3. The molecule has 0 bridgehead atoms. The molecule has 0 aliphatic carbocycles. The smallest absolute Gasteiger partial charge is 0.167 e. The van der Waals surface area contributed by atoms with Crippen LogP contribution in [0.25, 0.3) is 0 Å². The highest BCUT2D eigenvalue weighted by atomic mass is 31.1. The number of aliphatic hydroxyl groups is 1. The zero-order valence-corrected chi connectivity index (χ0v) is 10.6. The van der Waals surface area contributed by atoms with Gasteiger partial charge in [0.25, 0.3) is 0 Å². The Bertz CT molecular complexity index is 286. The van der Waals surface area contributed by atoms with Crippen LogP contribution in [0.3, 0.4) is 0 Å². The summed E-state index contributed by atoms with van der Waals surface area (Å²) in [4.78, 5) is 0. The maximum absolute atomic E-state index is 11.3. The van der Waals surface area contributed by atoms with Gasteiger partial charge in [0, 0.05) is 5.57 Å². The fraction of sp³-hybridized carbons (Fsp3) is 0.500. The van der Waals surface area contributed by atoms with Gasteiger partial charge in [-0.25, -0.2) is 0 Å². The zero-order valence-electron chi connectivity index (χ0n) is 9.66. The van der Waals surface area contributed by atoms with Crippen molar-refractivity contribution < 1.29 is 9.67 Å². The molecule has 0 heterocycles. The molecule has 0 radical (unpaired) electrons. The lowest BCUT2D eigenvalue weighted by Gasteiger charge is -2.25. The fourth-order valence-corrected chi connectivity index (χ4v) is 2.15. The summed E-state index contributed by atoms with van der Waals surface area (Å²) in [5.74, 6) is 0.152. The molecular weight excluding hydrogens is 207 g/mol. The van der Waals surface area contributed by atoms with E-state index in [9.17, 15) is 9.67 Å². The van der Waals surface area contributed by atoms with Gasteiger partial charge < -0.3 is 5.11 Å². The third kappa shape index (κ3) is 3.04. The summed E-state index contributed by atoms with van der Waals surface area (Å²) in [7, 11) is 0.0309. The van der Waals surface area contributed by atoms with Gasteiger partial charge >= 0.3 is 0 Å². The highest BCUT2D eigenvalue weighted by Crippen LogP contribution is 2.40. The zero-order chi connectivity index (χ0) is 11.9. The molecule has 0 saturated heterocycles. The highest BCUT2D eigenvalue weighted by Gasteiger charge is 2.32. The van der Waals surface area contributed by atoms with Crippen LogP contribution in [0.15, 0.2) is 36.1 Å². The van der Waals surface area contributed by atoms with Gasteiger partial charge in [-0.05, 0) is 25.8 Å². The number of aliphatic hydroxyl groups excluding tert-OH is 1. The Morgan fingerprint density at radius 2 is 2.00 bits per heavy atom. The van der Waals surface area contributed by atoms with Crippen LogP contribution in [-0.2, 0) is 4.57 Å². The Labute approximate surface area is 93.6 Å². The Hall–Kier alpha value is -0.880. The first-order valence-electron chi connectivity index (χ1n) is 5.15.